The first-order valence-corrected chi connectivity index (χ1v) is 7.00. The minimum atomic E-state index is -4.49. The number of para-hydroxylation sites is 1. The van der Waals surface area contributed by atoms with E-state index >= 15 is 0 Å². The fourth-order valence-corrected chi connectivity index (χ4v) is 1.89. The molecule has 0 saturated carbocycles. The first-order valence-electron chi connectivity index (χ1n) is 7.00. The Morgan fingerprint density at radius 2 is 1.92 bits per heavy atom. The highest BCUT2D eigenvalue weighted by atomic mass is 19.4. The van der Waals surface area contributed by atoms with Gasteiger partial charge in [0.15, 0.2) is 5.71 Å². The van der Waals surface area contributed by atoms with E-state index in [0.29, 0.717) is 11.8 Å². The second-order valence-electron chi connectivity index (χ2n) is 4.68. The summed E-state index contributed by atoms with van der Waals surface area (Å²) in [5.74, 6) is -0.387. The molecule has 9 heteroatoms. The molecule has 0 aliphatic heterocycles. The average molecular weight is 353 g/mol. The van der Waals surface area contributed by atoms with Crippen molar-refractivity contribution in [1.29, 1.82) is 0 Å². The van der Waals surface area contributed by atoms with Gasteiger partial charge in [-0.2, -0.15) is 13.2 Å². The van der Waals surface area contributed by atoms with Gasteiger partial charge in [-0.3, -0.25) is 4.79 Å². The maximum Gasteiger partial charge on any atom is 0.417 e. The Morgan fingerprint density at radius 3 is 2.48 bits per heavy atom. The minimum absolute atomic E-state index is 0.0486. The number of nitrogens with one attached hydrogen (secondary N) is 1. The second kappa shape index (κ2) is 7.65. The van der Waals surface area contributed by atoms with Crippen molar-refractivity contribution in [3.8, 4) is 11.6 Å². The SMILES string of the molecule is CNC(=O)/C(=N\OC)c1ccccc1Oc1ccc(C(F)(F)F)cn1. The van der Waals surface area contributed by atoms with Crippen molar-refractivity contribution in [1.82, 2.24) is 10.3 Å². The number of benzene rings is 1. The number of carbonyl (C=O) groups excluding carboxylic acids is 1. The van der Waals surface area contributed by atoms with Gasteiger partial charge in [0.1, 0.15) is 12.9 Å². The van der Waals surface area contributed by atoms with Crippen LogP contribution in [0.5, 0.6) is 11.6 Å². The van der Waals surface area contributed by atoms with Crippen LogP contribution in [0.3, 0.4) is 0 Å². The van der Waals surface area contributed by atoms with Crippen LogP contribution in [0, 0.1) is 0 Å². The molecule has 6 nitrogen and oxygen atoms in total. The van der Waals surface area contributed by atoms with Gasteiger partial charge in [-0.25, -0.2) is 4.98 Å². The molecular formula is C16H14F3N3O3. The van der Waals surface area contributed by atoms with Gasteiger partial charge in [-0.05, 0) is 18.2 Å². The zero-order chi connectivity index (χ0) is 18.4. The third-order valence-corrected chi connectivity index (χ3v) is 3.05. The fourth-order valence-electron chi connectivity index (χ4n) is 1.89. The lowest BCUT2D eigenvalue weighted by Crippen LogP contribution is -2.28. The molecular weight excluding hydrogens is 339 g/mol. The molecule has 0 unspecified atom stereocenters. The van der Waals surface area contributed by atoms with E-state index in [1.54, 1.807) is 18.2 Å². The molecule has 1 aromatic heterocycles. The number of alkyl halides is 3. The van der Waals surface area contributed by atoms with E-state index in [-0.39, 0.29) is 17.3 Å². The lowest BCUT2D eigenvalue weighted by Gasteiger charge is -2.12. The molecule has 0 spiro atoms. The number of halogens is 3. The summed E-state index contributed by atoms with van der Waals surface area (Å²) in [6.07, 6.45) is -3.82. The second-order valence-corrected chi connectivity index (χ2v) is 4.68. The van der Waals surface area contributed by atoms with Crippen LogP contribution in [0.2, 0.25) is 0 Å². The van der Waals surface area contributed by atoms with Crippen molar-refractivity contribution in [2.45, 2.75) is 6.18 Å². The number of oxime groups is 1. The number of likely N-dealkylation sites (N-methyl/N-ethyl adjacent to an activating group) is 1. The number of amides is 1. The number of nitrogens with zero attached hydrogens (tertiary/aromatic N) is 2. The molecule has 0 saturated heterocycles. The molecule has 2 rings (SSSR count). The molecule has 0 fully saturated rings. The zero-order valence-corrected chi connectivity index (χ0v) is 13.3. The molecule has 0 atom stereocenters. The number of hydrogen-bond donors (Lipinski definition) is 1. The van der Waals surface area contributed by atoms with E-state index in [9.17, 15) is 18.0 Å². The van der Waals surface area contributed by atoms with Crippen molar-refractivity contribution in [2.75, 3.05) is 14.2 Å². The number of pyridine rings is 1. The van der Waals surface area contributed by atoms with Crippen molar-refractivity contribution >= 4 is 11.6 Å². The number of aromatic nitrogens is 1. The maximum atomic E-state index is 12.6. The van der Waals surface area contributed by atoms with Crippen molar-refractivity contribution in [3.05, 3.63) is 53.7 Å². The van der Waals surface area contributed by atoms with E-state index in [1.165, 1.54) is 20.2 Å². The van der Waals surface area contributed by atoms with E-state index in [1.807, 2.05) is 0 Å². The Balaban J connectivity index is 2.35. The average Bonchev–Trinajstić information content (AvgIpc) is 2.59. The summed E-state index contributed by atoms with van der Waals surface area (Å²) in [5.41, 5.74) is -0.641. The third-order valence-electron chi connectivity index (χ3n) is 3.05. The van der Waals surface area contributed by atoms with Crippen LogP contribution in [0.25, 0.3) is 0 Å². The Kier molecular flexibility index (Phi) is 5.58. The molecule has 1 amide bonds. The highest BCUT2D eigenvalue weighted by Gasteiger charge is 2.30. The number of ether oxygens (including phenoxy) is 1. The topological polar surface area (TPSA) is 72.8 Å². The summed E-state index contributed by atoms with van der Waals surface area (Å²) in [6.45, 7) is 0. The Bertz CT molecular complexity index is 774. The molecule has 1 N–H and O–H groups in total. The van der Waals surface area contributed by atoms with Gasteiger partial charge in [0.2, 0.25) is 5.88 Å². The molecule has 25 heavy (non-hydrogen) atoms. The Labute approximate surface area is 141 Å². The molecule has 0 aliphatic rings. The molecule has 0 bridgehead atoms. The third kappa shape index (κ3) is 4.46. The zero-order valence-electron chi connectivity index (χ0n) is 13.3. The predicted octanol–water partition coefficient (Wildman–Crippen LogP) is 2.99. The van der Waals surface area contributed by atoms with Crippen LogP contribution in [0.15, 0.2) is 47.8 Å². The maximum absolute atomic E-state index is 12.6. The number of hydrogen-bond acceptors (Lipinski definition) is 5. The monoisotopic (exact) mass is 353 g/mol. The first-order chi connectivity index (χ1) is 11.9. The predicted molar refractivity (Wildman–Crippen MR) is 83.4 cm³/mol. The molecule has 1 aromatic carbocycles. The van der Waals surface area contributed by atoms with Crippen LogP contribution < -0.4 is 10.1 Å². The van der Waals surface area contributed by atoms with Crippen molar-refractivity contribution in [2.24, 2.45) is 5.16 Å². The lowest BCUT2D eigenvalue weighted by atomic mass is 10.1. The van der Waals surface area contributed by atoms with E-state index in [4.69, 9.17) is 4.74 Å². The summed E-state index contributed by atoms with van der Waals surface area (Å²) < 4.78 is 43.2. The van der Waals surface area contributed by atoms with Crippen LogP contribution in [0.4, 0.5) is 13.2 Å². The summed E-state index contributed by atoms with van der Waals surface area (Å²) in [6, 6.07) is 8.32. The van der Waals surface area contributed by atoms with Crippen LogP contribution in [-0.4, -0.2) is 30.8 Å². The first kappa shape index (κ1) is 18.2. The van der Waals surface area contributed by atoms with Gasteiger partial charge in [0.25, 0.3) is 5.91 Å². The van der Waals surface area contributed by atoms with Gasteiger partial charge >= 0.3 is 6.18 Å². The molecule has 1 heterocycles. The van der Waals surface area contributed by atoms with Gasteiger partial charge in [-0.1, -0.05) is 17.3 Å². The molecule has 2 aromatic rings. The highest BCUT2D eigenvalue weighted by Crippen LogP contribution is 2.30. The van der Waals surface area contributed by atoms with Crippen molar-refractivity contribution in [3.63, 3.8) is 0 Å². The molecule has 132 valence electrons. The minimum Gasteiger partial charge on any atom is -0.438 e. The van der Waals surface area contributed by atoms with Gasteiger partial charge < -0.3 is 14.9 Å². The quantitative estimate of drug-likeness (QED) is 0.663. The standard InChI is InChI=1S/C16H14F3N3O3/c1-20-15(23)14(22-24-2)11-5-3-4-6-12(11)25-13-8-7-10(9-21-13)16(17,18)19/h3-9H,1-2H3,(H,20,23)/b22-14-. The summed E-state index contributed by atoms with van der Waals surface area (Å²) in [7, 11) is 2.71. The summed E-state index contributed by atoms with van der Waals surface area (Å²) in [5, 5.41) is 6.09. The van der Waals surface area contributed by atoms with E-state index in [0.717, 1.165) is 12.1 Å². The van der Waals surface area contributed by atoms with E-state index in [2.05, 4.69) is 20.3 Å². The van der Waals surface area contributed by atoms with Gasteiger partial charge in [0.05, 0.1) is 11.1 Å². The van der Waals surface area contributed by atoms with Crippen molar-refractivity contribution < 1.29 is 27.5 Å². The van der Waals surface area contributed by atoms with E-state index < -0.39 is 17.6 Å². The largest absolute Gasteiger partial charge is 0.438 e. The highest BCUT2D eigenvalue weighted by molar-refractivity contribution is 6.45. The summed E-state index contributed by atoms with van der Waals surface area (Å²) in [4.78, 5) is 20.3. The number of carbonyl (C=O) groups is 1. The van der Waals surface area contributed by atoms with Crippen LogP contribution >= 0.6 is 0 Å². The Hall–Kier alpha value is -3.10. The number of rotatable bonds is 5. The molecule has 0 aliphatic carbocycles. The van der Waals surface area contributed by atoms with Gasteiger partial charge in [-0.15, -0.1) is 0 Å². The fraction of sp³-hybridized carbons (Fsp3) is 0.188. The molecule has 0 radical (unpaired) electrons. The normalized spacial score (nSPS) is 11.8. The smallest absolute Gasteiger partial charge is 0.417 e. The lowest BCUT2D eigenvalue weighted by molar-refractivity contribution is -0.137. The van der Waals surface area contributed by atoms with Crippen LogP contribution in [0.1, 0.15) is 11.1 Å². The van der Waals surface area contributed by atoms with Gasteiger partial charge in [0, 0.05) is 19.3 Å². The Morgan fingerprint density at radius 1 is 1.20 bits per heavy atom. The van der Waals surface area contributed by atoms with Crippen LogP contribution in [-0.2, 0) is 15.8 Å². The summed E-state index contributed by atoms with van der Waals surface area (Å²) >= 11 is 0.